The van der Waals surface area contributed by atoms with Gasteiger partial charge >= 0.3 is 0 Å². The standard InChI is InChI=1S/C21H24Cl2N2O3S/c1-5-12-25(19-9-7-6-8-17(19)22)29(27,28)20-13-16(10-11-18(20)23)21(26)24-15(4)14(2)3/h5-11,13-15H,1,12H2,2-4H3,(H,24,26). The first-order valence-electron chi connectivity index (χ1n) is 9.08. The van der Waals surface area contributed by atoms with Crippen molar-refractivity contribution in [3.05, 3.63) is 70.7 Å². The molecule has 156 valence electrons. The minimum atomic E-state index is -4.10. The van der Waals surface area contributed by atoms with E-state index in [9.17, 15) is 13.2 Å². The Balaban J connectivity index is 2.51. The first-order valence-corrected chi connectivity index (χ1v) is 11.3. The largest absolute Gasteiger partial charge is 0.349 e. The van der Waals surface area contributed by atoms with Crippen LogP contribution in [0.2, 0.25) is 10.0 Å². The maximum absolute atomic E-state index is 13.4. The summed E-state index contributed by atoms with van der Waals surface area (Å²) in [6.45, 7) is 9.48. The molecule has 0 fully saturated rings. The monoisotopic (exact) mass is 454 g/mol. The Labute approximate surface area is 182 Å². The Morgan fingerprint density at radius 1 is 1.14 bits per heavy atom. The zero-order chi connectivity index (χ0) is 21.8. The van der Waals surface area contributed by atoms with Gasteiger partial charge in [-0.05, 0) is 43.2 Å². The van der Waals surface area contributed by atoms with Gasteiger partial charge in [-0.15, -0.1) is 6.58 Å². The number of carbonyl (C=O) groups excluding carboxylic acids is 1. The van der Waals surface area contributed by atoms with Gasteiger partial charge in [0.15, 0.2) is 0 Å². The molecule has 29 heavy (non-hydrogen) atoms. The highest BCUT2D eigenvalue weighted by atomic mass is 35.5. The SMILES string of the molecule is C=CCN(c1ccccc1Cl)S(=O)(=O)c1cc(C(=O)NC(C)C(C)C)ccc1Cl. The van der Waals surface area contributed by atoms with E-state index >= 15 is 0 Å². The summed E-state index contributed by atoms with van der Waals surface area (Å²) in [5, 5.41) is 3.15. The van der Waals surface area contributed by atoms with E-state index in [-0.39, 0.29) is 44.9 Å². The second kappa shape index (κ2) is 9.65. The molecule has 0 saturated heterocycles. The first-order chi connectivity index (χ1) is 13.6. The summed E-state index contributed by atoms with van der Waals surface area (Å²) in [6.07, 6.45) is 1.45. The number of rotatable bonds is 8. The minimum Gasteiger partial charge on any atom is -0.349 e. The van der Waals surface area contributed by atoms with Crippen LogP contribution in [0.15, 0.2) is 60.0 Å². The van der Waals surface area contributed by atoms with Crippen LogP contribution in [0.5, 0.6) is 0 Å². The summed E-state index contributed by atoms with van der Waals surface area (Å²) in [6, 6.07) is 10.7. The zero-order valence-corrected chi connectivity index (χ0v) is 18.9. The molecule has 0 spiro atoms. The van der Waals surface area contributed by atoms with Crippen molar-refractivity contribution < 1.29 is 13.2 Å². The molecule has 1 unspecified atom stereocenters. The number of nitrogens with one attached hydrogen (secondary N) is 1. The molecule has 5 nitrogen and oxygen atoms in total. The topological polar surface area (TPSA) is 66.5 Å². The summed E-state index contributed by atoms with van der Waals surface area (Å²) in [4.78, 5) is 12.4. The smallest absolute Gasteiger partial charge is 0.266 e. The molecule has 0 aliphatic carbocycles. The number of anilines is 1. The van der Waals surface area contributed by atoms with Crippen LogP contribution in [0.1, 0.15) is 31.1 Å². The Morgan fingerprint density at radius 2 is 1.79 bits per heavy atom. The number of hydrogen-bond donors (Lipinski definition) is 1. The van der Waals surface area contributed by atoms with Gasteiger partial charge in [-0.1, -0.05) is 55.3 Å². The lowest BCUT2D eigenvalue weighted by Crippen LogP contribution is -2.36. The van der Waals surface area contributed by atoms with Gasteiger partial charge in [-0.2, -0.15) is 0 Å². The molecule has 0 saturated carbocycles. The van der Waals surface area contributed by atoms with E-state index in [1.54, 1.807) is 24.3 Å². The van der Waals surface area contributed by atoms with Crippen molar-refractivity contribution in [2.24, 2.45) is 5.92 Å². The second-order valence-electron chi connectivity index (χ2n) is 6.93. The van der Waals surface area contributed by atoms with Gasteiger partial charge in [-0.25, -0.2) is 8.42 Å². The Hall–Kier alpha value is -2.02. The highest BCUT2D eigenvalue weighted by molar-refractivity contribution is 7.93. The third kappa shape index (κ3) is 5.32. The van der Waals surface area contributed by atoms with Gasteiger partial charge < -0.3 is 5.32 Å². The second-order valence-corrected chi connectivity index (χ2v) is 9.57. The molecule has 2 aromatic rings. The Morgan fingerprint density at radius 3 is 2.38 bits per heavy atom. The number of sulfonamides is 1. The van der Waals surface area contributed by atoms with Crippen molar-refractivity contribution in [3.63, 3.8) is 0 Å². The average molecular weight is 455 g/mol. The van der Waals surface area contributed by atoms with Crippen LogP contribution in [-0.4, -0.2) is 26.9 Å². The van der Waals surface area contributed by atoms with Gasteiger partial charge in [0.2, 0.25) is 0 Å². The number of carbonyl (C=O) groups is 1. The third-order valence-electron chi connectivity index (χ3n) is 4.54. The van der Waals surface area contributed by atoms with Crippen molar-refractivity contribution in [2.45, 2.75) is 31.7 Å². The predicted octanol–water partition coefficient (Wildman–Crippen LogP) is 5.15. The van der Waals surface area contributed by atoms with Gasteiger partial charge in [0.1, 0.15) is 4.90 Å². The predicted molar refractivity (Wildman–Crippen MR) is 119 cm³/mol. The fraction of sp³-hybridized carbons (Fsp3) is 0.286. The molecular formula is C21H24Cl2N2O3S. The molecule has 0 radical (unpaired) electrons. The lowest BCUT2D eigenvalue weighted by Gasteiger charge is -2.25. The minimum absolute atomic E-state index is 0.0107. The molecule has 0 aliphatic heterocycles. The summed E-state index contributed by atoms with van der Waals surface area (Å²) < 4.78 is 27.9. The first kappa shape index (κ1) is 23.3. The number of halogens is 2. The molecular weight excluding hydrogens is 431 g/mol. The van der Waals surface area contributed by atoms with Crippen LogP contribution in [0, 0.1) is 5.92 Å². The molecule has 2 aromatic carbocycles. The van der Waals surface area contributed by atoms with Crippen LogP contribution < -0.4 is 9.62 Å². The molecule has 1 amide bonds. The third-order valence-corrected chi connectivity index (χ3v) is 7.12. The normalized spacial score (nSPS) is 12.5. The van der Waals surface area contributed by atoms with Crippen molar-refractivity contribution in [3.8, 4) is 0 Å². The van der Waals surface area contributed by atoms with E-state index in [1.807, 2.05) is 20.8 Å². The number of benzene rings is 2. The quantitative estimate of drug-likeness (QED) is 0.560. The number of hydrogen-bond acceptors (Lipinski definition) is 3. The maximum atomic E-state index is 13.4. The lowest BCUT2D eigenvalue weighted by atomic mass is 10.1. The number of nitrogens with zero attached hydrogens (tertiary/aromatic N) is 1. The Bertz CT molecular complexity index is 1010. The fourth-order valence-corrected chi connectivity index (χ4v) is 4.76. The van der Waals surface area contributed by atoms with Crippen LogP contribution in [0.3, 0.4) is 0 Å². The Kier molecular flexibility index (Phi) is 7.74. The molecule has 0 bridgehead atoms. The average Bonchev–Trinajstić information content (AvgIpc) is 2.66. The highest BCUT2D eigenvalue weighted by Gasteiger charge is 2.29. The lowest BCUT2D eigenvalue weighted by molar-refractivity contribution is 0.0930. The summed E-state index contributed by atoms with van der Waals surface area (Å²) in [7, 11) is -4.10. The van der Waals surface area contributed by atoms with Gasteiger partial charge in [0, 0.05) is 11.6 Å². The van der Waals surface area contributed by atoms with Crippen molar-refractivity contribution in [2.75, 3.05) is 10.8 Å². The van der Waals surface area contributed by atoms with E-state index in [1.165, 1.54) is 24.3 Å². The van der Waals surface area contributed by atoms with Gasteiger partial charge in [0.25, 0.3) is 15.9 Å². The summed E-state index contributed by atoms with van der Waals surface area (Å²) in [5.41, 5.74) is 0.506. The van der Waals surface area contributed by atoms with Crippen LogP contribution in [0.4, 0.5) is 5.69 Å². The molecule has 2 rings (SSSR count). The van der Waals surface area contributed by atoms with Gasteiger partial charge in [-0.3, -0.25) is 9.10 Å². The van der Waals surface area contributed by atoms with Gasteiger partial charge in [0.05, 0.1) is 22.3 Å². The number of amides is 1. The molecule has 0 aliphatic rings. The van der Waals surface area contributed by atoms with E-state index in [0.717, 1.165) is 4.31 Å². The zero-order valence-electron chi connectivity index (χ0n) is 16.5. The maximum Gasteiger partial charge on any atom is 0.266 e. The molecule has 1 atom stereocenters. The van der Waals surface area contributed by atoms with E-state index in [0.29, 0.717) is 5.69 Å². The van der Waals surface area contributed by atoms with E-state index in [2.05, 4.69) is 11.9 Å². The molecule has 0 aromatic heterocycles. The molecule has 8 heteroatoms. The fourth-order valence-electron chi connectivity index (χ4n) is 2.51. The van der Waals surface area contributed by atoms with Crippen LogP contribution in [0.25, 0.3) is 0 Å². The summed E-state index contributed by atoms with van der Waals surface area (Å²) >= 11 is 12.4. The van der Waals surface area contributed by atoms with Crippen LogP contribution >= 0.6 is 23.2 Å². The highest BCUT2D eigenvalue weighted by Crippen LogP contribution is 2.33. The van der Waals surface area contributed by atoms with Crippen molar-refractivity contribution in [1.82, 2.24) is 5.32 Å². The molecule has 1 N–H and O–H groups in total. The number of para-hydroxylation sites is 1. The van der Waals surface area contributed by atoms with E-state index < -0.39 is 10.0 Å². The molecule has 0 heterocycles. The van der Waals surface area contributed by atoms with Crippen molar-refractivity contribution in [1.29, 1.82) is 0 Å². The summed E-state index contributed by atoms with van der Waals surface area (Å²) in [5.74, 6) is -0.134. The van der Waals surface area contributed by atoms with Crippen LogP contribution in [-0.2, 0) is 10.0 Å². The van der Waals surface area contributed by atoms with Crippen molar-refractivity contribution >= 4 is 44.8 Å². The van der Waals surface area contributed by atoms with E-state index in [4.69, 9.17) is 23.2 Å².